The van der Waals surface area contributed by atoms with E-state index in [2.05, 4.69) is 0 Å². The van der Waals surface area contributed by atoms with Crippen molar-refractivity contribution >= 4 is 24.3 Å². The Kier molecular flexibility index (Phi) is 6.53. The lowest BCUT2D eigenvalue weighted by Crippen LogP contribution is -2.38. The van der Waals surface area contributed by atoms with Crippen LogP contribution in [0, 0.1) is 0 Å². The first-order valence-corrected chi connectivity index (χ1v) is 11.4. The summed E-state index contributed by atoms with van der Waals surface area (Å²) >= 11 is 0. The number of carboxylic acids is 1. The summed E-state index contributed by atoms with van der Waals surface area (Å²) in [6.45, 7) is 1.94. The van der Waals surface area contributed by atoms with E-state index < -0.39 is 19.2 Å². The van der Waals surface area contributed by atoms with Crippen molar-refractivity contribution in [3.63, 3.8) is 0 Å². The molecule has 0 amide bonds. The number of hydrogen-bond donors (Lipinski definition) is 2. The van der Waals surface area contributed by atoms with Crippen LogP contribution in [0.15, 0.2) is 72.8 Å². The van der Waals surface area contributed by atoms with Crippen LogP contribution < -0.4 is 0 Å². The molecule has 0 saturated carbocycles. The minimum atomic E-state index is -4.25. The van der Waals surface area contributed by atoms with Gasteiger partial charge in [-0.3, -0.25) is 9.09 Å². The smallest absolute Gasteiger partial charge is 0.341 e. The zero-order valence-corrected chi connectivity index (χ0v) is 17.2. The molecular weight excluding hydrogens is 387 g/mol. The molecule has 6 heteroatoms. The minimum absolute atomic E-state index is 0.103. The van der Waals surface area contributed by atoms with Gasteiger partial charge in [0.15, 0.2) is 5.60 Å². The first-order valence-electron chi connectivity index (χ1n) is 9.66. The number of unbranched alkanes of at least 4 members (excludes halogenated alkanes) is 1. The van der Waals surface area contributed by atoms with Crippen molar-refractivity contribution in [1.82, 2.24) is 0 Å². The highest BCUT2D eigenvalue weighted by atomic mass is 31.2. The third-order valence-corrected chi connectivity index (χ3v) is 6.34. The average molecular weight is 412 g/mol. The van der Waals surface area contributed by atoms with E-state index >= 15 is 0 Å². The van der Waals surface area contributed by atoms with Gasteiger partial charge in [0.1, 0.15) is 0 Å². The molecule has 0 aliphatic heterocycles. The monoisotopic (exact) mass is 412 g/mol. The van der Waals surface area contributed by atoms with Crippen molar-refractivity contribution in [1.29, 1.82) is 0 Å². The van der Waals surface area contributed by atoms with E-state index in [0.717, 1.165) is 11.8 Å². The molecule has 0 aliphatic carbocycles. The molecule has 2 atom stereocenters. The summed E-state index contributed by atoms with van der Waals surface area (Å²) in [5.41, 5.74) is -0.888. The Hall–Kier alpha value is -2.46. The molecule has 0 aliphatic rings. The fourth-order valence-corrected chi connectivity index (χ4v) is 5.08. The minimum Gasteiger partial charge on any atom is -0.479 e. The molecular formula is C23H25O5P. The molecule has 0 spiro atoms. The lowest BCUT2D eigenvalue weighted by atomic mass is 9.85. The summed E-state index contributed by atoms with van der Waals surface area (Å²) in [6, 6.07) is 21.5. The van der Waals surface area contributed by atoms with Crippen molar-refractivity contribution in [2.24, 2.45) is 0 Å². The van der Waals surface area contributed by atoms with Gasteiger partial charge in [-0.2, -0.15) is 0 Å². The lowest BCUT2D eigenvalue weighted by molar-refractivity contribution is -0.158. The average Bonchev–Trinajstić information content (AvgIpc) is 2.71. The molecule has 0 bridgehead atoms. The highest BCUT2D eigenvalue weighted by Crippen LogP contribution is 2.54. The van der Waals surface area contributed by atoms with Crippen molar-refractivity contribution in [2.45, 2.75) is 37.9 Å². The standard InChI is InChI=1S/C23H25O5P/c1-2-3-16-23(22(24)25,21-15-9-13-19-12-7-8-14-20(19)21)28-29(26,27)17-18-10-5-4-6-11-18/h4-15H,2-3,16-17H2,1H3,(H,24,25)(H,26,27). The third-order valence-electron chi connectivity index (χ3n) is 4.98. The van der Waals surface area contributed by atoms with Gasteiger partial charge in [-0.05, 0) is 29.2 Å². The Morgan fingerprint density at radius 2 is 1.66 bits per heavy atom. The van der Waals surface area contributed by atoms with Gasteiger partial charge in [-0.25, -0.2) is 4.79 Å². The van der Waals surface area contributed by atoms with Crippen LogP contribution in [0.25, 0.3) is 10.8 Å². The summed E-state index contributed by atoms with van der Waals surface area (Å²) in [5, 5.41) is 11.8. The fourth-order valence-electron chi connectivity index (χ4n) is 3.58. The molecule has 0 aromatic heterocycles. The lowest BCUT2D eigenvalue weighted by Gasteiger charge is -2.33. The van der Waals surface area contributed by atoms with Crippen molar-refractivity contribution in [3.8, 4) is 0 Å². The Bertz CT molecular complexity index is 1030. The molecule has 3 aromatic rings. The second kappa shape index (κ2) is 8.91. The van der Waals surface area contributed by atoms with E-state index in [0.29, 0.717) is 22.9 Å². The Morgan fingerprint density at radius 3 is 2.34 bits per heavy atom. The Balaban J connectivity index is 2.10. The summed E-state index contributed by atoms with van der Waals surface area (Å²) in [7, 11) is -4.25. The first-order chi connectivity index (χ1) is 13.9. The number of fused-ring (bicyclic) bond motifs is 1. The van der Waals surface area contributed by atoms with Crippen molar-refractivity contribution < 1.29 is 23.9 Å². The van der Waals surface area contributed by atoms with Crippen LogP contribution in [0.2, 0.25) is 0 Å². The number of carboxylic acid groups (broad SMARTS) is 1. The maximum atomic E-state index is 13.0. The first kappa shape index (κ1) is 21.3. The van der Waals surface area contributed by atoms with Crippen LogP contribution in [-0.4, -0.2) is 16.0 Å². The van der Waals surface area contributed by atoms with Gasteiger partial charge in [0, 0.05) is 5.56 Å². The highest BCUT2D eigenvalue weighted by Gasteiger charge is 2.47. The maximum absolute atomic E-state index is 13.0. The number of carbonyl (C=O) groups is 1. The van der Waals surface area contributed by atoms with Gasteiger partial charge < -0.3 is 10.00 Å². The molecule has 3 rings (SSSR count). The molecule has 29 heavy (non-hydrogen) atoms. The third kappa shape index (κ3) is 4.76. The summed E-state index contributed by atoms with van der Waals surface area (Å²) in [5.74, 6) is -1.26. The van der Waals surface area contributed by atoms with E-state index in [1.165, 1.54) is 0 Å². The van der Waals surface area contributed by atoms with Crippen LogP contribution in [0.1, 0.15) is 37.3 Å². The van der Waals surface area contributed by atoms with Gasteiger partial charge in [0.05, 0.1) is 6.16 Å². The van der Waals surface area contributed by atoms with Crippen LogP contribution in [0.4, 0.5) is 0 Å². The number of hydrogen-bond acceptors (Lipinski definition) is 3. The van der Waals surface area contributed by atoms with Crippen molar-refractivity contribution in [3.05, 3.63) is 83.9 Å². The van der Waals surface area contributed by atoms with E-state index in [9.17, 15) is 19.4 Å². The molecule has 0 fully saturated rings. The zero-order chi connectivity index (χ0) is 20.9. The Morgan fingerprint density at radius 1 is 1.00 bits per heavy atom. The largest absolute Gasteiger partial charge is 0.479 e. The number of rotatable bonds is 9. The molecule has 0 heterocycles. The number of benzene rings is 3. The van der Waals surface area contributed by atoms with E-state index in [1.54, 1.807) is 36.4 Å². The molecule has 2 unspecified atom stereocenters. The van der Waals surface area contributed by atoms with Gasteiger partial charge in [0.2, 0.25) is 0 Å². The Labute approximate surface area is 170 Å². The zero-order valence-electron chi connectivity index (χ0n) is 16.3. The van der Waals surface area contributed by atoms with Crippen LogP contribution >= 0.6 is 7.60 Å². The highest BCUT2D eigenvalue weighted by molar-refractivity contribution is 7.52. The molecule has 152 valence electrons. The SMILES string of the molecule is CCCCC(OP(=O)(O)Cc1ccccc1)(C(=O)O)c1cccc2ccccc12. The van der Waals surface area contributed by atoms with Crippen LogP contribution in [0.3, 0.4) is 0 Å². The predicted molar refractivity (Wildman–Crippen MR) is 114 cm³/mol. The molecule has 0 saturated heterocycles. The van der Waals surface area contributed by atoms with Gasteiger partial charge in [-0.1, -0.05) is 86.1 Å². The quantitative estimate of drug-likeness (QED) is 0.440. The fraction of sp³-hybridized carbons (Fsp3) is 0.261. The summed E-state index contributed by atoms with van der Waals surface area (Å²) in [4.78, 5) is 23.2. The summed E-state index contributed by atoms with van der Waals surface area (Å²) in [6.07, 6.45) is 1.13. The van der Waals surface area contributed by atoms with Crippen molar-refractivity contribution in [2.75, 3.05) is 0 Å². The number of aliphatic carboxylic acids is 1. The van der Waals surface area contributed by atoms with E-state index in [4.69, 9.17) is 4.52 Å². The van der Waals surface area contributed by atoms with E-state index in [1.807, 2.05) is 43.3 Å². The van der Waals surface area contributed by atoms with E-state index in [-0.39, 0.29) is 12.6 Å². The van der Waals surface area contributed by atoms with Gasteiger partial charge in [0.25, 0.3) is 0 Å². The summed E-state index contributed by atoms with van der Waals surface area (Å²) < 4.78 is 18.7. The van der Waals surface area contributed by atoms with Gasteiger partial charge >= 0.3 is 13.6 Å². The van der Waals surface area contributed by atoms with Crippen LogP contribution in [0.5, 0.6) is 0 Å². The molecule has 0 radical (unpaired) electrons. The molecule has 5 nitrogen and oxygen atoms in total. The molecule has 3 aromatic carbocycles. The normalized spacial score (nSPS) is 15.5. The van der Waals surface area contributed by atoms with Gasteiger partial charge in [-0.15, -0.1) is 0 Å². The predicted octanol–water partition coefficient (Wildman–Crippen LogP) is 5.71. The van der Waals surface area contributed by atoms with Crippen LogP contribution in [-0.2, 0) is 25.6 Å². The maximum Gasteiger partial charge on any atom is 0.341 e. The topological polar surface area (TPSA) is 83.8 Å². The second-order valence-corrected chi connectivity index (χ2v) is 8.91. The second-order valence-electron chi connectivity index (χ2n) is 7.13. The molecule has 2 N–H and O–H groups in total.